The highest BCUT2D eigenvalue weighted by Gasteiger charge is 2.15. The second-order valence-corrected chi connectivity index (χ2v) is 4.70. The van der Waals surface area contributed by atoms with Crippen molar-refractivity contribution in [3.63, 3.8) is 0 Å². The van der Waals surface area contributed by atoms with E-state index in [0.29, 0.717) is 23.0 Å². The number of aromatic nitrogens is 1. The maximum atomic E-state index is 11.9. The first-order valence-electron chi connectivity index (χ1n) is 6.80. The predicted molar refractivity (Wildman–Crippen MR) is 85.8 cm³/mol. The van der Waals surface area contributed by atoms with Gasteiger partial charge in [0.1, 0.15) is 5.82 Å². The van der Waals surface area contributed by atoms with Crippen LogP contribution in [-0.2, 0) is 9.59 Å². The summed E-state index contributed by atoms with van der Waals surface area (Å²) in [4.78, 5) is 27.8. The highest BCUT2D eigenvalue weighted by molar-refractivity contribution is 6.43. The number of ether oxygens (including phenoxy) is 2. The molecule has 0 unspecified atom stereocenters. The molecule has 0 aliphatic carbocycles. The Balaban J connectivity index is 2.03. The number of hydrogen-bond acceptors (Lipinski definition) is 5. The van der Waals surface area contributed by atoms with Gasteiger partial charge in [-0.1, -0.05) is 6.07 Å². The van der Waals surface area contributed by atoms with Crippen LogP contribution in [0.25, 0.3) is 0 Å². The van der Waals surface area contributed by atoms with Crippen molar-refractivity contribution < 1.29 is 19.1 Å². The van der Waals surface area contributed by atoms with Gasteiger partial charge in [-0.2, -0.15) is 0 Å². The average molecular weight is 315 g/mol. The molecule has 0 aliphatic heterocycles. The smallest absolute Gasteiger partial charge is 0.315 e. The first kappa shape index (κ1) is 16.3. The standard InChI is InChI=1S/C16H17N3O4/c1-10-4-7-14(17-9-10)19-16(21)15(20)18-11-5-6-12(22-2)13(8-11)23-3/h4-9H,1-3H3,(H,18,20)(H,17,19,21). The Kier molecular flexibility index (Phi) is 5.14. The number of methoxy groups -OCH3 is 2. The molecule has 0 saturated carbocycles. The van der Waals surface area contributed by atoms with E-state index in [9.17, 15) is 9.59 Å². The Morgan fingerprint density at radius 1 is 0.957 bits per heavy atom. The molecule has 0 atom stereocenters. The Morgan fingerprint density at radius 3 is 2.26 bits per heavy atom. The fourth-order valence-electron chi connectivity index (χ4n) is 1.82. The van der Waals surface area contributed by atoms with Crippen LogP contribution in [-0.4, -0.2) is 31.0 Å². The molecule has 1 aromatic carbocycles. The molecule has 0 bridgehead atoms. The van der Waals surface area contributed by atoms with Gasteiger partial charge < -0.3 is 20.1 Å². The Hall–Kier alpha value is -3.09. The van der Waals surface area contributed by atoms with Crippen LogP contribution in [0.1, 0.15) is 5.56 Å². The van der Waals surface area contributed by atoms with Gasteiger partial charge in [0.25, 0.3) is 0 Å². The normalized spacial score (nSPS) is 9.87. The van der Waals surface area contributed by atoms with Crippen molar-refractivity contribution >= 4 is 23.3 Å². The second-order valence-electron chi connectivity index (χ2n) is 4.70. The van der Waals surface area contributed by atoms with E-state index in [1.165, 1.54) is 14.2 Å². The largest absolute Gasteiger partial charge is 0.493 e. The van der Waals surface area contributed by atoms with Gasteiger partial charge in [0.15, 0.2) is 11.5 Å². The Morgan fingerprint density at radius 2 is 1.65 bits per heavy atom. The molecule has 2 rings (SSSR count). The molecule has 0 spiro atoms. The van der Waals surface area contributed by atoms with Crippen LogP contribution in [0.4, 0.5) is 11.5 Å². The number of anilines is 2. The second kappa shape index (κ2) is 7.26. The van der Waals surface area contributed by atoms with Gasteiger partial charge in [0.05, 0.1) is 14.2 Å². The van der Waals surface area contributed by atoms with Gasteiger partial charge in [-0.05, 0) is 30.7 Å². The lowest BCUT2D eigenvalue weighted by molar-refractivity contribution is -0.133. The number of aryl methyl sites for hydroxylation is 1. The quantitative estimate of drug-likeness (QED) is 0.842. The maximum Gasteiger partial charge on any atom is 0.315 e. The number of nitrogens with zero attached hydrogens (tertiary/aromatic N) is 1. The number of amides is 2. The van der Waals surface area contributed by atoms with E-state index in [4.69, 9.17) is 9.47 Å². The molecule has 0 radical (unpaired) electrons. The first-order chi connectivity index (χ1) is 11.0. The molecule has 23 heavy (non-hydrogen) atoms. The molecular weight excluding hydrogens is 298 g/mol. The van der Waals surface area contributed by atoms with Crippen LogP contribution < -0.4 is 20.1 Å². The van der Waals surface area contributed by atoms with Crippen LogP contribution in [0.3, 0.4) is 0 Å². The molecular formula is C16H17N3O4. The fraction of sp³-hybridized carbons (Fsp3) is 0.188. The molecule has 2 amide bonds. The monoisotopic (exact) mass is 315 g/mol. The van der Waals surface area contributed by atoms with E-state index < -0.39 is 11.8 Å². The van der Waals surface area contributed by atoms with E-state index in [1.807, 2.05) is 6.92 Å². The lowest BCUT2D eigenvalue weighted by Gasteiger charge is -2.10. The van der Waals surface area contributed by atoms with Crippen molar-refractivity contribution in [3.05, 3.63) is 42.1 Å². The molecule has 0 saturated heterocycles. The van der Waals surface area contributed by atoms with Crippen molar-refractivity contribution in [2.24, 2.45) is 0 Å². The molecule has 2 N–H and O–H groups in total. The predicted octanol–water partition coefficient (Wildman–Crippen LogP) is 1.98. The Bertz CT molecular complexity index is 714. The summed E-state index contributed by atoms with van der Waals surface area (Å²) in [6, 6.07) is 8.21. The van der Waals surface area contributed by atoms with E-state index in [-0.39, 0.29) is 0 Å². The zero-order chi connectivity index (χ0) is 16.8. The van der Waals surface area contributed by atoms with Gasteiger partial charge in [0.2, 0.25) is 0 Å². The summed E-state index contributed by atoms with van der Waals surface area (Å²) in [6.07, 6.45) is 1.60. The minimum absolute atomic E-state index is 0.308. The van der Waals surface area contributed by atoms with Crippen LogP contribution in [0.5, 0.6) is 11.5 Å². The fourth-order valence-corrected chi connectivity index (χ4v) is 1.82. The maximum absolute atomic E-state index is 11.9. The summed E-state index contributed by atoms with van der Waals surface area (Å²) < 4.78 is 10.2. The molecule has 7 nitrogen and oxygen atoms in total. The van der Waals surface area contributed by atoms with Crippen molar-refractivity contribution in [3.8, 4) is 11.5 Å². The topological polar surface area (TPSA) is 89.5 Å². The summed E-state index contributed by atoms with van der Waals surface area (Å²) in [5.74, 6) is -0.330. The van der Waals surface area contributed by atoms with Gasteiger partial charge >= 0.3 is 11.8 Å². The van der Waals surface area contributed by atoms with Crippen molar-refractivity contribution in [1.29, 1.82) is 0 Å². The van der Waals surface area contributed by atoms with Gasteiger partial charge in [-0.3, -0.25) is 9.59 Å². The first-order valence-corrected chi connectivity index (χ1v) is 6.80. The number of carbonyl (C=O) groups is 2. The van der Waals surface area contributed by atoms with E-state index in [0.717, 1.165) is 5.56 Å². The van der Waals surface area contributed by atoms with Gasteiger partial charge in [-0.15, -0.1) is 0 Å². The lowest BCUT2D eigenvalue weighted by Crippen LogP contribution is -2.29. The van der Waals surface area contributed by atoms with Crippen LogP contribution in [0, 0.1) is 6.92 Å². The van der Waals surface area contributed by atoms with Gasteiger partial charge in [0, 0.05) is 18.0 Å². The highest BCUT2D eigenvalue weighted by atomic mass is 16.5. The minimum Gasteiger partial charge on any atom is -0.493 e. The highest BCUT2D eigenvalue weighted by Crippen LogP contribution is 2.29. The van der Waals surface area contributed by atoms with Crippen molar-refractivity contribution in [2.75, 3.05) is 24.9 Å². The number of benzene rings is 1. The van der Waals surface area contributed by atoms with E-state index >= 15 is 0 Å². The number of hydrogen-bond donors (Lipinski definition) is 2. The summed E-state index contributed by atoms with van der Waals surface area (Å²) in [6.45, 7) is 1.88. The van der Waals surface area contributed by atoms with Crippen molar-refractivity contribution in [1.82, 2.24) is 4.98 Å². The molecule has 7 heteroatoms. The molecule has 2 aromatic rings. The number of carbonyl (C=O) groups excluding carboxylic acids is 2. The lowest BCUT2D eigenvalue weighted by atomic mass is 10.2. The molecule has 120 valence electrons. The van der Waals surface area contributed by atoms with Crippen LogP contribution in [0.2, 0.25) is 0 Å². The minimum atomic E-state index is -0.809. The third kappa shape index (κ3) is 4.19. The molecule has 1 heterocycles. The number of rotatable bonds is 4. The number of pyridine rings is 1. The van der Waals surface area contributed by atoms with E-state index in [1.54, 1.807) is 36.5 Å². The summed E-state index contributed by atoms with van der Waals surface area (Å²) in [7, 11) is 3.00. The average Bonchev–Trinajstić information content (AvgIpc) is 2.56. The molecule has 0 aliphatic rings. The molecule has 0 fully saturated rings. The summed E-state index contributed by atoms with van der Waals surface area (Å²) in [5, 5.41) is 4.91. The van der Waals surface area contributed by atoms with E-state index in [2.05, 4.69) is 15.6 Å². The third-order valence-corrected chi connectivity index (χ3v) is 3.00. The third-order valence-electron chi connectivity index (χ3n) is 3.00. The zero-order valence-corrected chi connectivity index (χ0v) is 13.0. The Labute approximate surface area is 133 Å². The summed E-state index contributed by atoms with van der Waals surface area (Å²) in [5.41, 5.74) is 1.37. The SMILES string of the molecule is COc1ccc(NC(=O)C(=O)Nc2ccc(C)cn2)cc1OC. The van der Waals surface area contributed by atoms with Crippen LogP contribution in [0.15, 0.2) is 36.5 Å². The zero-order valence-electron chi connectivity index (χ0n) is 13.0. The van der Waals surface area contributed by atoms with Crippen LogP contribution >= 0.6 is 0 Å². The summed E-state index contributed by atoms with van der Waals surface area (Å²) >= 11 is 0. The molecule has 1 aromatic heterocycles. The van der Waals surface area contributed by atoms with Gasteiger partial charge in [-0.25, -0.2) is 4.98 Å². The number of nitrogens with one attached hydrogen (secondary N) is 2. The van der Waals surface area contributed by atoms with Crippen molar-refractivity contribution in [2.45, 2.75) is 6.92 Å².